The minimum Gasteiger partial charge on any atom is -0.478 e. The minimum absolute atomic E-state index is 0.0260. The van der Waals surface area contributed by atoms with Crippen LogP contribution in [-0.4, -0.2) is 28.4 Å². The Bertz CT molecular complexity index is 949. The molecule has 1 saturated heterocycles. The first-order valence-electron chi connectivity index (χ1n) is 9.66. The van der Waals surface area contributed by atoms with Gasteiger partial charge in [0.25, 0.3) is 0 Å². The van der Waals surface area contributed by atoms with Crippen molar-refractivity contribution in [3.8, 4) is 5.75 Å². The van der Waals surface area contributed by atoms with Crippen molar-refractivity contribution in [1.82, 2.24) is 0 Å². The van der Waals surface area contributed by atoms with Crippen molar-refractivity contribution in [3.05, 3.63) is 53.1 Å². The number of benzene rings is 1. The van der Waals surface area contributed by atoms with Crippen LogP contribution in [0.3, 0.4) is 0 Å². The van der Waals surface area contributed by atoms with E-state index in [1.165, 1.54) is 0 Å². The molecule has 0 aromatic heterocycles. The number of ketones is 2. The van der Waals surface area contributed by atoms with Crippen LogP contribution in [0.2, 0.25) is 0 Å². The van der Waals surface area contributed by atoms with Crippen molar-refractivity contribution in [2.75, 3.05) is 0 Å². The summed E-state index contributed by atoms with van der Waals surface area (Å²) in [4.78, 5) is 27.0. The van der Waals surface area contributed by atoms with Crippen LogP contribution in [0, 0.1) is 11.8 Å². The maximum Gasteiger partial charge on any atom is 0.196 e. The van der Waals surface area contributed by atoms with Crippen LogP contribution >= 0.6 is 0 Å². The molecule has 4 nitrogen and oxygen atoms in total. The second-order valence-corrected chi connectivity index (χ2v) is 9.02. The van der Waals surface area contributed by atoms with E-state index in [9.17, 15) is 9.59 Å². The van der Waals surface area contributed by atoms with Gasteiger partial charge in [0.15, 0.2) is 22.8 Å². The summed E-state index contributed by atoms with van der Waals surface area (Å²) in [5.41, 5.74) is -0.424. The third-order valence-electron chi connectivity index (χ3n) is 6.80. The van der Waals surface area contributed by atoms with E-state index < -0.39 is 16.8 Å². The number of rotatable bonds is 2. The largest absolute Gasteiger partial charge is 0.478 e. The summed E-state index contributed by atoms with van der Waals surface area (Å²) in [7, 11) is 0. The van der Waals surface area contributed by atoms with Gasteiger partial charge in [0, 0.05) is 23.8 Å². The van der Waals surface area contributed by atoms with E-state index in [-0.39, 0.29) is 23.4 Å². The number of para-hydroxylation sites is 1. The summed E-state index contributed by atoms with van der Waals surface area (Å²) in [6.07, 6.45) is 5.00. The molecule has 0 N–H and O–H groups in total. The molecule has 5 aliphatic rings. The van der Waals surface area contributed by atoms with Crippen LogP contribution < -0.4 is 4.74 Å². The zero-order valence-electron chi connectivity index (χ0n) is 16.2. The molecule has 2 heterocycles. The third-order valence-corrected chi connectivity index (χ3v) is 6.80. The summed E-state index contributed by atoms with van der Waals surface area (Å²) in [6.45, 7) is 8.07. The van der Waals surface area contributed by atoms with E-state index in [1.54, 1.807) is 6.07 Å². The standard InChI is InChI=1S/C23H24O4/c1-13(2)9-10-22-20(25)14-11-16-19(24)15-7-5-6-8-17(15)26-23(16,22)18(12-14)21(3,4)27-22/h5-9,11,14,18H,10,12H2,1-4H3. The highest BCUT2D eigenvalue weighted by Gasteiger charge is 2.80. The first kappa shape index (κ1) is 16.9. The monoisotopic (exact) mass is 364 g/mol. The Morgan fingerprint density at radius 2 is 1.96 bits per heavy atom. The molecule has 1 spiro atoms. The second kappa shape index (κ2) is 4.99. The molecule has 3 aliphatic carbocycles. The van der Waals surface area contributed by atoms with Crippen LogP contribution in [0.15, 0.2) is 47.6 Å². The van der Waals surface area contributed by atoms with Gasteiger partial charge in [-0.25, -0.2) is 0 Å². The highest BCUT2D eigenvalue weighted by Crippen LogP contribution is 2.67. The van der Waals surface area contributed by atoms with Gasteiger partial charge >= 0.3 is 0 Å². The Balaban J connectivity index is 1.81. The molecule has 4 unspecified atom stereocenters. The average Bonchev–Trinajstić information content (AvgIpc) is 2.78. The van der Waals surface area contributed by atoms with Crippen molar-refractivity contribution >= 4 is 11.6 Å². The summed E-state index contributed by atoms with van der Waals surface area (Å²) in [5, 5.41) is 0. The zero-order chi connectivity index (χ0) is 19.2. The fraction of sp³-hybridized carbons (Fsp3) is 0.478. The molecule has 27 heavy (non-hydrogen) atoms. The van der Waals surface area contributed by atoms with Gasteiger partial charge in [-0.05, 0) is 46.2 Å². The summed E-state index contributed by atoms with van der Waals surface area (Å²) in [5.74, 6) is 0.257. The number of allylic oxidation sites excluding steroid dienone is 2. The maximum absolute atomic E-state index is 13.5. The normalized spacial score (nSPS) is 37.3. The van der Waals surface area contributed by atoms with E-state index in [1.807, 2.05) is 58.0 Å². The smallest absolute Gasteiger partial charge is 0.196 e. The van der Waals surface area contributed by atoms with Gasteiger partial charge < -0.3 is 9.47 Å². The molecular formula is C23H24O4. The lowest BCUT2D eigenvalue weighted by Gasteiger charge is -2.56. The molecule has 0 radical (unpaired) electrons. The van der Waals surface area contributed by atoms with Gasteiger partial charge in [-0.15, -0.1) is 0 Å². The third kappa shape index (κ3) is 1.82. The predicted molar refractivity (Wildman–Crippen MR) is 101 cm³/mol. The Morgan fingerprint density at radius 3 is 2.70 bits per heavy atom. The molecule has 2 fully saturated rings. The molecule has 2 aliphatic heterocycles. The van der Waals surface area contributed by atoms with Crippen molar-refractivity contribution in [2.24, 2.45) is 11.8 Å². The molecule has 4 bridgehead atoms. The van der Waals surface area contributed by atoms with Crippen LogP contribution in [0.5, 0.6) is 5.75 Å². The van der Waals surface area contributed by atoms with Crippen LogP contribution in [-0.2, 0) is 9.53 Å². The zero-order valence-corrected chi connectivity index (χ0v) is 16.2. The Hall–Kier alpha value is -2.20. The average molecular weight is 364 g/mol. The van der Waals surface area contributed by atoms with Crippen molar-refractivity contribution in [2.45, 2.75) is 57.3 Å². The topological polar surface area (TPSA) is 52.6 Å². The van der Waals surface area contributed by atoms with Gasteiger partial charge in [0.05, 0.1) is 11.2 Å². The number of Topliss-reactive ketones (excluding diaryl/α,β-unsaturated/α-hetero) is 2. The lowest BCUT2D eigenvalue weighted by molar-refractivity contribution is -0.171. The van der Waals surface area contributed by atoms with E-state index in [2.05, 4.69) is 0 Å². The minimum atomic E-state index is -1.14. The summed E-state index contributed by atoms with van der Waals surface area (Å²) < 4.78 is 13.2. The lowest BCUT2D eigenvalue weighted by Crippen LogP contribution is -2.72. The highest BCUT2D eigenvalue weighted by atomic mass is 16.6. The van der Waals surface area contributed by atoms with E-state index in [0.717, 1.165) is 5.57 Å². The van der Waals surface area contributed by atoms with Gasteiger partial charge in [0.2, 0.25) is 0 Å². The quantitative estimate of drug-likeness (QED) is 0.743. The van der Waals surface area contributed by atoms with Crippen LogP contribution in [0.1, 0.15) is 50.9 Å². The van der Waals surface area contributed by atoms with Crippen molar-refractivity contribution < 1.29 is 19.1 Å². The van der Waals surface area contributed by atoms with Crippen molar-refractivity contribution in [3.63, 3.8) is 0 Å². The van der Waals surface area contributed by atoms with Gasteiger partial charge in [0.1, 0.15) is 5.75 Å². The highest BCUT2D eigenvalue weighted by molar-refractivity contribution is 6.16. The predicted octanol–water partition coefficient (Wildman–Crippen LogP) is 4.05. The molecule has 1 aromatic carbocycles. The van der Waals surface area contributed by atoms with Crippen LogP contribution in [0.25, 0.3) is 0 Å². The molecule has 6 rings (SSSR count). The Labute approximate surface area is 159 Å². The molecule has 140 valence electrons. The number of carbonyl (C=O) groups excluding carboxylic acids is 2. The first-order chi connectivity index (χ1) is 12.7. The van der Waals surface area contributed by atoms with E-state index >= 15 is 0 Å². The molecule has 4 atom stereocenters. The second-order valence-electron chi connectivity index (χ2n) is 9.02. The molecule has 0 amide bonds. The fourth-order valence-electron chi connectivity index (χ4n) is 5.74. The fourth-order valence-corrected chi connectivity index (χ4v) is 5.74. The molecular weight excluding hydrogens is 340 g/mol. The van der Waals surface area contributed by atoms with Gasteiger partial charge in [-0.3, -0.25) is 9.59 Å². The van der Waals surface area contributed by atoms with E-state index in [0.29, 0.717) is 29.7 Å². The molecule has 1 aromatic rings. The summed E-state index contributed by atoms with van der Waals surface area (Å²) >= 11 is 0. The number of ether oxygens (including phenoxy) is 2. The number of carbonyl (C=O) groups is 2. The molecule has 4 heteroatoms. The maximum atomic E-state index is 13.5. The Morgan fingerprint density at radius 1 is 1.22 bits per heavy atom. The van der Waals surface area contributed by atoms with E-state index in [4.69, 9.17) is 9.47 Å². The van der Waals surface area contributed by atoms with Gasteiger partial charge in [-0.1, -0.05) is 29.9 Å². The summed E-state index contributed by atoms with van der Waals surface area (Å²) in [6, 6.07) is 7.33. The van der Waals surface area contributed by atoms with Crippen molar-refractivity contribution in [1.29, 1.82) is 0 Å². The van der Waals surface area contributed by atoms with Crippen LogP contribution in [0.4, 0.5) is 0 Å². The van der Waals surface area contributed by atoms with Gasteiger partial charge in [-0.2, -0.15) is 0 Å². The number of fused-ring (bicyclic) bond motifs is 1. The number of hydrogen-bond acceptors (Lipinski definition) is 4. The first-order valence-corrected chi connectivity index (χ1v) is 9.66. The lowest BCUT2D eigenvalue weighted by atomic mass is 9.51. The molecule has 1 saturated carbocycles. The SMILES string of the molecule is CC(C)=CCC12OC(C)(C)C3CC(C=C4C(=O)c5ccccc5OC431)C2=O. The Kier molecular flexibility index (Phi) is 3.13. The number of hydrogen-bond donors (Lipinski definition) is 0.